The predicted octanol–water partition coefficient (Wildman–Crippen LogP) is 10.3. The molecular weight excluding hydrogens is 633 g/mol. The van der Waals surface area contributed by atoms with E-state index in [1.807, 2.05) is 0 Å². The number of aromatic nitrogens is 4. The Labute approximate surface area is 298 Å². The zero-order valence-corrected chi connectivity index (χ0v) is 31.4. The molecule has 6 rings (SSSR count). The van der Waals surface area contributed by atoms with Crippen LogP contribution in [0.4, 0.5) is 0 Å². The van der Waals surface area contributed by atoms with Crippen LogP contribution in [0.2, 0.25) is 0 Å². The van der Waals surface area contributed by atoms with Gasteiger partial charge in [0.15, 0.2) is 0 Å². The molecule has 1 fully saturated rings. The van der Waals surface area contributed by atoms with E-state index < -0.39 is 0 Å². The number of allylic oxidation sites excluding steroid dienone is 4. The molecule has 5 nitrogen and oxygen atoms in total. The molecular formula is C42H53N5Ni. The van der Waals surface area contributed by atoms with Gasteiger partial charge in [0.25, 0.3) is 0 Å². The standard InChI is InChI=1S/C42H53N5.Ni/c1-9-26-28(11-3)37-24-39-30(13-5)32(15-7)41(45-39)34(19-22-47-20-17-18-21-47)42-33(16-8)31(14-6)40(46-42)25-38-29(12-4)27(10-2)36(44-38)23-35(26)43-37;/h19,22-25H,9-18,20-21H2,1-8H3;/q-2;+2/b22-19+,35-23?,36-23?,37-24?,38-25?,39-24?,40-25?,41-34?,42-34?;. The third-order valence-electron chi connectivity index (χ3n) is 10.6. The van der Waals surface area contributed by atoms with Crippen LogP contribution in [-0.4, -0.2) is 28.0 Å². The van der Waals surface area contributed by atoms with Gasteiger partial charge in [0.1, 0.15) is 0 Å². The number of nitrogens with zero attached hydrogens (tertiary/aromatic N) is 5. The van der Waals surface area contributed by atoms with Crippen LogP contribution < -0.4 is 9.97 Å². The summed E-state index contributed by atoms with van der Waals surface area (Å²) in [5.41, 5.74) is 20.4. The van der Waals surface area contributed by atoms with Crippen molar-refractivity contribution >= 4 is 50.4 Å². The molecule has 0 aliphatic carbocycles. The van der Waals surface area contributed by atoms with Crippen molar-refractivity contribution in [3.63, 3.8) is 0 Å². The van der Waals surface area contributed by atoms with Gasteiger partial charge in [0, 0.05) is 13.1 Å². The van der Waals surface area contributed by atoms with Gasteiger partial charge in [-0.1, -0.05) is 95.8 Å². The third-order valence-corrected chi connectivity index (χ3v) is 10.6. The molecule has 256 valence electrons. The summed E-state index contributed by atoms with van der Waals surface area (Å²) in [5.74, 6) is 0. The molecule has 3 aliphatic rings. The Morgan fingerprint density at radius 3 is 1.48 bits per heavy atom. The van der Waals surface area contributed by atoms with E-state index in [4.69, 9.17) is 19.9 Å². The first-order valence-corrected chi connectivity index (χ1v) is 18.5. The minimum atomic E-state index is 0. The van der Waals surface area contributed by atoms with Crippen molar-refractivity contribution in [3.05, 3.63) is 75.0 Å². The van der Waals surface area contributed by atoms with Crippen molar-refractivity contribution in [3.8, 4) is 0 Å². The molecule has 6 heterocycles. The summed E-state index contributed by atoms with van der Waals surface area (Å²) in [6, 6.07) is 6.82. The van der Waals surface area contributed by atoms with Gasteiger partial charge in [-0.15, -0.1) is 22.1 Å². The third kappa shape index (κ3) is 6.26. The Morgan fingerprint density at radius 2 is 1.00 bits per heavy atom. The van der Waals surface area contributed by atoms with Crippen molar-refractivity contribution in [2.24, 2.45) is 0 Å². The molecule has 3 aliphatic heterocycles. The monoisotopic (exact) mass is 685 g/mol. The fourth-order valence-electron chi connectivity index (χ4n) is 8.27. The summed E-state index contributed by atoms with van der Waals surface area (Å²) in [6.45, 7) is 20.3. The smallest absolute Gasteiger partial charge is 0.657 e. The largest absolute Gasteiger partial charge is 2.00 e. The molecule has 0 atom stereocenters. The summed E-state index contributed by atoms with van der Waals surface area (Å²) < 4.78 is 0. The molecule has 48 heavy (non-hydrogen) atoms. The van der Waals surface area contributed by atoms with E-state index in [1.165, 1.54) is 57.4 Å². The number of hydrogen-bond donors (Lipinski definition) is 0. The first kappa shape index (κ1) is 35.9. The molecule has 0 N–H and O–H groups in total. The van der Waals surface area contributed by atoms with Crippen LogP contribution in [0.1, 0.15) is 145 Å². The van der Waals surface area contributed by atoms with Gasteiger partial charge in [-0.05, 0) is 104 Å². The zero-order valence-electron chi connectivity index (χ0n) is 30.4. The van der Waals surface area contributed by atoms with Gasteiger partial charge in [-0.3, -0.25) is 0 Å². The maximum atomic E-state index is 5.53. The van der Waals surface area contributed by atoms with Crippen LogP contribution in [0.5, 0.6) is 0 Å². The van der Waals surface area contributed by atoms with Gasteiger partial charge >= 0.3 is 16.5 Å². The Balaban J connectivity index is 0.00000451. The van der Waals surface area contributed by atoms with Gasteiger partial charge in [-0.25, -0.2) is 9.97 Å². The van der Waals surface area contributed by atoms with Crippen LogP contribution in [0, 0.1) is 0 Å². The molecule has 3 aromatic heterocycles. The molecule has 6 heteroatoms. The summed E-state index contributed by atoms with van der Waals surface area (Å²) >= 11 is 0. The van der Waals surface area contributed by atoms with Crippen molar-refractivity contribution in [2.75, 3.05) is 13.1 Å². The van der Waals surface area contributed by atoms with E-state index in [1.54, 1.807) is 0 Å². The van der Waals surface area contributed by atoms with Crippen molar-refractivity contribution in [1.82, 2.24) is 24.8 Å². The van der Waals surface area contributed by atoms with E-state index in [9.17, 15) is 0 Å². The Bertz CT molecular complexity index is 1930. The van der Waals surface area contributed by atoms with Gasteiger partial charge in [0.05, 0.1) is 22.8 Å². The number of rotatable bonds is 10. The molecule has 0 spiro atoms. The van der Waals surface area contributed by atoms with Crippen molar-refractivity contribution < 1.29 is 16.5 Å². The van der Waals surface area contributed by atoms with Gasteiger partial charge in [0.2, 0.25) is 0 Å². The number of likely N-dealkylation sites (tertiary alicyclic amines) is 1. The molecule has 0 radical (unpaired) electrons. The van der Waals surface area contributed by atoms with E-state index in [-0.39, 0.29) is 16.5 Å². The Hall–Kier alpha value is -3.37. The average molecular weight is 687 g/mol. The minimum absolute atomic E-state index is 0. The molecule has 0 saturated carbocycles. The number of fused-ring (bicyclic) bond motifs is 8. The summed E-state index contributed by atoms with van der Waals surface area (Å²) in [4.78, 5) is 24.2. The molecule has 1 saturated heterocycles. The first-order chi connectivity index (χ1) is 22.9. The van der Waals surface area contributed by atoms with Gasteiger partial charge in [-0.2, -0.15) is 0 Å². The molecule has 0 amide bonds. The molecule has 0 aromatic carbocycles. The quantitative estimate of drug-likeness (QED) is 0.199. The van der Waals surface area contributed by atoms with E-state index in [2.05, 4.69) is 90.8 Å². The van der Waals surface area contributed by atoms with Crippen molar-refractivity contribution in [2.45, 2.75) is 120 Å². The molecule has 8 bridgehead atoms. The average Bonchev–Trinajstić information content (AvgIpc) is 3.90. The number of aryl methyl sites for hydroxylation is 4. The summed E-state index contributed by atoms with van der Waals surface area (Å²) in [6.07, 6.45) is 14.6. The summed E-state index contributed by atoms with van der Waals surface area (Å²) in [7, 11) is 0. The normalized spacial score (nSPS) is 15.0. The van der Waals surface area contributed by atoms with Crippen LogP contribution in [0.25, 0.3) is 50.4 Å². The molecule has 3 aromatic rings. The first-order valence-electron chi connectivity index (χ1n) is 18.5. The van der Waals surface area contributed by atoms with Gasteiger partial charge < -0.3 is 14.9 Å². The maximum absolute atomic E-state index is 5.53. The van der Waals surface area contributed by atoms with Crippen LogP contribution in [0.3, 0.4) is 0 Å². The fraction of sp³-hybridized carbons (Fsp3) is 0.476. The van der Waals surface area contributed by atoms with Crippen LogP contribution >= 0.6 is 0 Å². The second-order valence-electron chi connectivity index (χ2n) is 13.0. The second-order valence-corrected chi connectivity index (χ2v) is 13.0. The van der Waals surface area contributed by atoms with E-state index in [0.717, 1.165) is 115 Å². The fourth-order valence-corrected chi connectivity index (χ4v) is 8.27. The Morgan fingerprint density at radius 1 is 0.562 bits per heavy atom. The van der Waals surface area contributed by atoms with Crippen LogP contribution in [0.15, 0.2) is 24.4 Å². The van der Waals surface area contributed by atoms with Crippen LogP contribution in [-0.2, 0) is 42.2 Å². The van der Waals surface area contributed by atoms with Crippen molar-refractivity contribution in [1.29, 1.82) is 0 Å². The Kier molecular flexibility index (Phi) is 11.6. The second kappa shape index (κ2) is 15.5. The molecule has 0 unspecified atom stereocenters. The van der Waals surface area contributed by atoms with E-state index in [0.29, 0.717) is 0 Å². The summed E-state index contributed by atoms with van der Waals surface area (Å²) in [5, 5.41) is 0. The van der Waals surface area contributed by atoms with E-state index >= 15 is 0 Å². The predicted molar refractivity (Wildman–Crippen MR) is 201 cm³/mol. The zero-order chi connectivity index (χ0) is 33.2. The topological polar surface area (TPSA) is 57.2 Å². The minimum Gasteiger partial charge on any atom is -0.657 e. The maximum Gasteiger partial charge on any atom is 2.00 e. The number of hydrogen-bond acceptors (Lipinski definition) is 3. The SMILES string of the molecule is CCC1=C(CC)c2cc3[n-]c(c(/C=C/N4CCCC4)c4nc(cc5[n-]c(cc1n2)c(CC)c5CC)C(CC)=C4CC)c(CC)c3CC.[Ni+2].